The second-order valence-corrected chi connectivity index (χ2v) is 3.89. The van der Waals surface area contributed by atoms with Crippen LogP contribution in [0.5, 0.6) is 0 Å². The lowest BCUT2D eigenvalue weighted by molar-refractivity contribution is -0.124. The van der Waals surface area contributed by atoms with E-state index in [1.54, 1.807) is 25.2 Å². The standard InChI is InChI=1S/C12H14N4O2/c1-14-12(17)10-8-18-6-5-16(10)11-4-2-3-9(7-13)15-11/h2-4,10H,5-6,8H2,1H3,(H,14,17). The van der Waals surface area contributed by atoms with E-state index in [2.05, 4.69) is 10.3 Å². The maximum atomic E-state index is 11.8. The molecule has 0 aromatic carbocycles. The first-order valence-electron chi connectivity index (χ1n) is 5.69. The number of ether oxygens (including phenoxy) is 1. The van der Waals surface area contributed by atoms with E-state index in [4.69, 9.17) is 10.00 Å². The van der Waals surface area contributed by atoms with Gasteiger partial charge in [-0.1, -0.05) is 6.07 Å². The number of hydrogen-bond donors (Lipinski definition) is 1. The molecule has 1 unspecified atom stereocenters. The lowest BCUT2D eigenvalue weighted by atomic mass is 10.2. The lowest BCUT2D eigenvalue weighted by Crippen LogP contribution is -2.53. The number of likely N-dealkylation sites (N-methyl/N-ethyl adjacent to an activating group) is 1. The average Bonchev–Trinajstić information content (AvgIpc) is 2.46. The Morgan fingerprint density at radius 3 is 3.22 bits per heavy atom. The molecule has 0 spiro atoms. The highest BCUT2D eigenvalue weighted by molar-refractivity contribution is 5.85. The monoisotopic (exact) mass is 246 g/mol. The van der Waals surface area contributed by atoms with Gasteiger partial charge in [-0.25, -0.2) is 4.98 Å². The van der Waals surface area contributed by atoms with Gasteiger partial charge in [-0.3, -0.25) is 4.79 Å². The number of morpholine rings is 1. The first-order valence-corrected chi connectivity index (χ1v) is 5.69. The summed E-state index contributed by atoms with van der Waals surface area (Å²) in [5.74, 6) is 0.518. The maximum absolute atomic E-state index is 11.8. The van der Waals surface area contributed by atoms with Crippen LogP contribution in [0.15, 0.2) is 18.2 Å². The van der Waals surface area contributed by atoms with Crippen LogP contribution in [0, 0.1) is 11.3 Å². The van der Waals surface area contributed by atoms with Crippen molar-refractivity contribution in [3.63, 3.8) is 0 Å². The van der Waals surface area contributed by atoms with Crippen LogP contribution in [0.4, 0.5) is 5.82 Å². The smallest absolute Gasteiger partial charge is 0.244 e. The van der Waals surface area contributed by atoms with E-state index in [9.17, 15) is 4.79 Å². The van der Waals surface area contributed by atoms with Crippen molar-refractivity contribution in [2.45, 2.75) is 6.04 Å². The van der Waals surface area contributed by atoms with Crippen molar-refractivity contribution in [1.29, 1.82) is 5.26 Å². The fraction of sp³-hybridized carbons (Fsp3) is 0.417. The molecule has 94 valence electrons. The van der Waals surface area contributed by atoms with Crippen molar-refractivity contribution in [3.8, 4) is 6.07 Å². The summed E-state index contributed by atoms with van der Waals surface area (Å²) in [5, 5.41) is 11.5. The minimum absolute atomic E-state index is 0.112. The number of carbonyl (C=O) groups is 1. The normalized spacial score (nSPS) is 19.1. The fourth-order valence-electron chi connectivity index (χ4n) is 1.91. The molecule has 0 aliphatic carbocycles. The second kappa shape index (κ2) is 5.47. The molecule has 1 fully saturated rings. The van der Waals surface area contributed by atoms with Gasteiger partial charge in [0.05, 0.1) is 13.2 Å². The highest BCUT2D eigenvalue weighted by atomic mass is 16.5. The molecule has 2 rings (SSSR count). The quantitative estimate of drug-likeness (QED) is 0.788. The highest BCUT2D eigenvalue weighted by Crippen LogP contribution is 2.17. The van der Waals surface area contributed by atoms with E-state index in [-0.39, 0.29) is 5.91 Å². The predicted molar refractivity (Wildman–Crippen MR) is 65.0 cm³/mol. The van der Waals surface area contributed by atoms with E-state index in [1.807, 2.05) is 11.0 Å². The third-order valence-corrected chi connectivity index (χ3v) is 2.82. The summed E-state index contributed by atoms with van der Waals surface area (Å²) in [4.78, 5) is 17.9. The number of pyridine rings is 1. The van der Waals surface area contributed by atoms with Gasteiger partial charge in [-0.15, -0.1) is 0 Å². The van der Waals surface area contributed by atoms with Crippen molar-refractivity contribution in [3.05, 3.63) is 23.9 Å². The number of amides is 1. The van der Waals surface area contributed by atoms with Crippen LogP contribution in [0.3, 0.4) is 0 Å². The number of anilines is 1. The molecule has 18 heavy (non-hydrogen) atoms. The number of nitrogens with zero attached hydrogens (tertiary/aromatic N) is 3. The van der Waals surface area contributed by atoms with Crippen molar-refractivity contribution >= 4 is 11.7 Å². The van der Waals surface area contributed by atoms with Crippen LogP contribution in [0.2, 0.25) is 0 Å². The van der Waals surface area contributed by atoms with E-state index < -0.39 is 6.04 Å². The first-order chi connectivity index (χ1) is 8.76. The highest BCUT2D eigenvalue weighted by Gasteiger charge is 2.29. The van der Waals surface area contributed by atoms with Gasteiger partial charge in [0, 0.05) is 13.6 Å². The third kappa shape index (κ3) is 2.41. The van der Waals surface area contributed by atoms with Gasteiger partial charge >= 0.3 is 0 Å². The maximum Gasteiger partial charge on any atom is 0.244 e. The number of carbonyl (C=O) groups excluding carboxylic acids is 1. The lowest BCUT2D eigenvalue weighted by Gasteiger charge is -2.35. The Kier molecular flexibility index (Phi) is 3.75. The number of rotatable bonds is 2. The molecule has 1 N–H and O–H groups in total. The van der Waals surface area contributed by atoms with Gasteiger partial charge in [0.2, 0.25) is 5.91 Å². The summed E-state index contributed by atoms with van der Waals surface area (Å²) in [6.45, 7) is 1.46. The van der Waals surface area contributed by atoms with Gasteiger partial charge in [-0.2, -0.15) is 5.26 Å². The molecule has 2 heterocycles. The molecule has 1 amide bonds. The molecular weight excluding hydrogens is 232 g/mol. The van der Waals surface area contributed by atoms with E-state index in [0.29, 0.717) is 31.3 Å². The Bertz CT molecular complexity index is 483. The molecule has 0 bridgehead atoms. The Hall–Kier alpha value is -2.13. The Labute approximate surface area is 105 Å². The van der Waals surface area contributed by atoms with Crippen molar-refractivity contribution in [2.24, 2.45) is 0 Å². The zero-order valence-corrected chi connectivity index (χ0v) is 10.1. The summed E-state index contributed by atoms with van der Waals surface area (Å²) >= 11 is 0. The van der Waals surface area contributed by atoms with Crippen LogP contribution < -0.4 is 10.2 Å². The van der Waals surface area contributed by atoms with Crippen molar-refractivity contribution in [2.75, 3.05) is 31.7 Å². The van der Waals surface area contributed by atoms with Crippen LogP contribution >= 0.6 is 0 Å². The Balaban J connectivity index is 2.28. The van der Waals surface area contributed by atoms with Crippen molar-refractivity contribution < 1.29 is 9.53 Å². The minimum atomic E-state index is -0.398. The molecule has 6 nitrogen and oxygen atoms in total. The zero-order valence-electron chi connectivity index (χ0n) is 10.1. The Morgan fingerprint density at radius 2 is 2.50 bits per heavy atom. The topological polar surface area (TPSA) is 78.2 Å². The molecule has 1 aliphatic heterocycles. The predicted octanol–water partition coefficient (Wildman–Crippen LogP) is -0.0955. The molecular formula is C12H14N4O2. The number of nitrogens with one attached hydrogen (secondary N) is 1. The molecule has 0 radical (unpaired) electrons. The van der Waals surface area contributed by atoms with Gasteiger partial charge in [0.15, 0.2) is 0 Å². The first kappa shape index (κ1) is 12.3. The fourth-order valence-corrected chi connectivity index (χ4v) is 1.91. The molecule has 1 aromatic rings. The van der Waals surface area contributed by atoms with Crippen LogP contribution in [-0.4, -0.2) is 43.7 Å². The van der Waals surface area contributed by atoms with Crippen LogP contribution in [0.1, 0.15) is 5.69 Å². The number of nitriles is 1. The number of aromatic nitrogens is 1. The molecule has 1 saturated heterocycles. The molecule has 1 atom stereocenters. The van der Waals surface area contributed by atoms with Crippen LogP contribution in [-0.2, 0) is 9.53 Å². The summed E-state index contributed by atoms with van der Waals surface area (Å²) in [7, 11) is 1.59. The van der Waals surface area contributed by atoms with E-state index in [1.165, 1.54) is 0 Å². The summed E-state index contributed by atoms with van der Waals surface area (Å²) in [6, 6.07) is 6.79. The number of hydrogen-bond acceptors (Lipinski definition) is 5. The largest absolute Gasteiger partial charge is 0.377 e. The molecule has 1 aliphatic rings. The third-order valence-electron chi connectivity index (χ3n) is 2.82. The van der Waals surface area contributed by atoms with Crippen LogP contribution in [0.25, 0.3) is 0 Å². The van der Waals surface area contributed by atoms with Gasteiger partial charge < -0.3 is 15.0 Å². The molecule has 1 aromatic heterocycles. The van der Waals surface area contributed by atoms with Crippen molar-refractivity contribution in [1.82, 2.24) is 10.3 Å². The van der Waals surface area contributed by atoms with E-state index >= 15 is 0 Å². The van der Waals surface area contributed by atoms with Gasteiger partial charge in [0.1, 0.15) is 23.6 Å². The van der Waals surface area contributed by atoms with Gasteiger partial charge in [0.25, 0.3) is 0 Å². The summed E-state index contributed by atoms with van der Waals surface area (Å²) in [6.07, 6.45) is 0. The molecule has 0 saturated carbocycles. The average molecular weight is 246 g/mol. The minimum Gasteiger partial charge on any atom is -0.377 e. The second-order valence-electron chi connectivity index (χ2n) is 3.89. The summed E-state index contributed by atoms with van der Waals surface area (Å²) in [5.41, 5.74) is 0.342. The Morgan fingerprint density at radius 1 is 1.67 bits per heavy atom. The zero-order chi connectivity index (χ0) is 13.0. The van der Waals surface area contributed by atoms with E-state index in [0.717, 1.165) is 0 Å². The SMILES string of the molecule is CNC(=O)C1COCCN1c1cccc(C#N)n1. The summed E-state index contributed by atoms with van der Waals surface area (Å²) < 4.78 is 5.32. The molecule has 6 heteroatoms. The van der Waals surface area contributed by atoms with Gasteiger partial charge in [-0.05, 0) is 12.1 Å².